The second-order valence-corrected chi connectivity index (χ2v) is 8.36. The maximum atomic E-state index is 12.4. The molecule has 0 unspecified atom stereocenters. The number of amides is 1. The monoisotopic (exact) mass is 349 g/mol. The summed E-state index contributed by atoms with van der Waals surface area (Å²) in [5.41, 5.74) is 3.44. The van der Waals surface area contributed by atoms with Crippen molar-refractivity contribution < 1.29 is 15.0 Å². The van der Waals surface area contributed by atoms with E-state index in [2.05, 4.69) is 32.0 Å². The highest BCUT2D eigenvalue weighted by atomic mass is 32.2. The highest BCUT2D eigenvalue weighted by Crippen LogP contribution is 2.49. The molecule has 132 valence electrons. The summed E-state index contributed by atoms with van der Waals surface area (Å²) in [6, 6.07) is 6.51. The molecule has 0 bridgehead atoms. The van der Waals surface area contributed by atoms with Crippen LogP contribution >= 0.6 is 11.8 Å². The van der Waals surface area contributed by atoms with E-state index in [1.807, 2.05) is 4.90 Å². The molecule has 2 fully saturated rings. The van der Waals surface area contributed by atoms with Crippen molar-refractivity contribution in [1.29, 1.82) is 0 Å². The van der Waals surface area contributed by atoms with Gasteiger partial charge in [-0.2, -0.15) is 0 Å². The van der Waals surface area contributed by atoms with E-state index in [0.29, 0.717) is 38.1 Å². The molecule has 2 atom stereocenters. The Morgan fingerprint density at radius 2 is 1.75 bits per heavy atom. The summed E-state index contributed by atoms with van der Waals surface area (Å²) in [6.45, 7) is 5.49. The summed E-state index contributed by atoms with van der Waals surface area (Å²) in [4.78, 5) is 14.3. The van der Waals surface area contributed by atoms with Gasteiger partial charge >= 0.3 is 0 Å². The van der Waals surface area contributed by atoms with Crippen LogP contribution in [0.25, 0.3) is 0 Å². The van der Waals surface area contributed by atoms with Crippen LogP contribution in [0.15, 0.2) is 18.2 Å². The van der Waals surface area contributed by atoms with Gasteiger partial charge < -0.3 is 15.1 Å². The minimum Gasteiger partial charge on any atom is -0.392 e. The number of nitrogens with zero attached hydrogens (tertiary/aromatic N) is 1. The smallest absolute Gasteiger partial charge is 0.232 e. The van der Waals surface area contributed by atoms with Gasteiger partial charge in [-0.1, -0.05) is 29.3 Å². The summed E-state index contributed by atoms with van der Waals surface area (Å²) >= 11 is 1.66. The van der Waals surface area contributed by atoms with E-state index in [-0.39, 0.29) is 11.3 Å². The van der Waals surface area contributed by atoms with Crippen molar-refractivity contribution >= 4 is 17.7 Å². The minimum atomic E-state index is -0.399. The highest BCUT2D eigenvalue weighted by molar-refractivity contribution is 7.99. The van der Waals surface area contributed by atoms with Gasteiger partial charge in [-0.15, -0.1) is 11.8 Å². The number of piperidine rings is 1. The fraction of sp³-hybridized carbons (Fsp3) is 0.632. The summed E-state index contributed by atoms with van der Waals surface area (Å²) < 4.78 is 0. The van der Waals surface area contributed by atoms with Gasteiger partial charge in [-0.05, 0) is 32.3 Å². The van der Waals surface area contributed by atoms with Crippen LogP contribution < -0.4 is 0 Å². The molecular weight excluding hydrogens is 322 g/mol. The maximum absolute atomic E-state index is 12.4. The van der Waals surface area contributed by atoms with Crippen molar-refractivity contribution in [2.75, 3.05) is 18.8 Å². The largest absolute Gasteiger partial charge is 0.392 e. The SMILES string of the molecule is Cc1cc(C)cc(CSCC(=O)N2CCC3(CC2)[C@H](O)C[C@@H]3O)c1. The lowest BCUT2D eigenvalue weighted by Crippen LogP contribution is -2.62. The molecule has 1 aliphatic carbocycles. The Morgan fingerprint density at radius 3 is 2.29 bits per heavy atom. The van der Waals surface area contributed by atoms with Crippen molar-refractivity contribution in [1.82, 2.24) is 4.90 Å². The Bertz CT molecular complexity index is 580. The molecule has 2 aliphatic rings. The molecule has 1 aliphatic heterocycles. The van der Waals surface area contributed by atoms with Gasteiger partial charge in [0.05, 0.1) is 18.0 Å². The van der Waals surface area contributed by atoms with Crippen molar-refractivity contribution in [2.24, 2.45) is 5.41 Å². The summed E-state index contributed by atoms with van der Waals surface area (Å²) in [7, 11) is 0. The minimum absolute atomic E-state index is 0.169. The molecule has 2 N–H and O–H groups in total. The number of thioether (sulfide) groups is 1. The number of rotatable bonds is 4. The first-order chi connectivity index (χ1) is 11.4. The molecule has 0 aromatic heterocycles. The molecule has 1 amide bonds. The molecule has 0 radical (unpaired) electrons. The molecule has 24 heavy (non-hydrogen) atoms. The number of aliphatic hydroxyl groups excluding tert-OH is 2. The van der Waals surface area contributed by atoms with E-state index in [0.717, 1.165) is 5.75 Å². The molecule has 4 nitrogen and oxygen atoms in total. The van der Waals surface area contributed by atoms with Gasteiger partial charge in [0.2, 0.25) is 5.91 Å². The van der Waals surface area contributed by atoms with Crippen molar-refractivity contribution in [3.05, 3.63) is 34.9 Å². The molecule has 1 saturated carbocycles. The Labute approximate surface area is 148 Å². The van der Waals surface area contributed by atoms with E-state index < -0.39 is 12.2 Å². The van der Waals surface area contributed by atoms with Crippen molar-refractivity contribution in [3.8, 4) is 0 Å². The second kappa shape index (κ2) is 7.06. The van der Waals surface area contributed by atoms with Gasteiger partial charge in [0.25, 0.3) is 0 Å². The zero-order chi connectivity index (χ0) is 17.3. The lowest BCUT2D eigenvalue weighted by molar-refractivity contribution is -0.191. The Hall–Kier alpha value is -1.04. The van der Waals surface area contributed by atoms with Crippen LogP contribution in [0.1, 0.15) is 36.0 Å². The number of likely N-dealkylation sites (tertiary alicyclic amines) is 1. The first-order valence-corrected chi connectivity index (χ1v) is 9.85. The molecule has 5 heteroatoms. The Kier molecular flexibility index (Phi) is 5.23. The van der Waals surface area contributed by atoms with Crippen LogP contribution in [-0.4, -0.2) is 52.1 Å². The molecule has 1 aromatic rings. The van der Waals surface area contributed by atoms with Gasteiger partial charge in [0.1, 0.15) is 0 Å². The summed E-state index contributed by atoms with van der Waals surface area (Å²) in [5, 5.41) is 19.9. The third-order valence-corrected chi connectivity index (χ3v) is 6.59. The van der Waals surface area contributed by atoms with Gasteiger partial charge in [0.15, 0.2) is 0 Å². The lowest BCUT2D eigenvalue weighted by atomic mass is 9.58. The number of hydrogen-bond donors (Lipinski definition) is 2. The average molecular weight is 349 g/mol. The third-order valence-electron chi connectivity index (χ3n) is 5.60. The molecule has 1 aromatic carbocycles. The fourth-order valence-electron chi connectivity index (χ4n) is 4.08. The quantitative estimate of drug-likeness (QED) is 0.875. The van der Waals surface area contributed by atoms with E-state index in [9.17, 15) is 15.0 Å². The van der Waals surface area contributed by atoms with Crippen LogP contribution in [0.4, 0.5) is 0 Å². The Morgan fingerprint density at radius 1 is 1.17 bits per heavy atom. The zero-order valence-corrected chi connectivity index (χ0v) is 15.3. The van der Waals surface area contributed by atoms with Crippen LogP contribution in [0, 0.1) is 19.3 Å². The van der Waals surface area contributed by atoms with Crippen LogP contribution in [0.3, 0.4) is 0 Å². The molecular formula is C19H27NO3S. The van der Waals surface area contributed by atoms with Crippen LogP contribution in [-0.2, 0) is 10.5 Å². The number of aryl methyl sites for hydroxylation is 2. The number of carbonyl (C=O) groups is 1. The second-order valence-electron chi connectivity index (χ2n) is 7.37. The van der Waals surface area contributed by atoms with Crippen molar-refractivity contribution in [3.63, 3.8) is 0 Å². The van der Waals surface area contributed by atoms with Crippen molar-refractivity contribution in [2.45, 2.75) is 51.1 Å². The molecule has 1 heterocycles. The van der Waals surface area contributed by atoms with Crippen LogP contribution in [0.2, 0.25) is 0 Å². The van der Waals surface area contributed by atoms with Crippen LogP contribution in [0.5, 0.6) is 0 Å². The summed E-state index contributed by atoms with van der Waals surface area (Å²) in [5.74, 6) is 1.51. The fourth-order valence-corrected chi connectivity index (χ4v) is 4.94. The van der Waals surface area contributed by atoms with E-state index in [1.54, 1.807) is 11.8 Å². The number of hydrogen-bond acceptors (Lipinski definition) is 4. The third kappa shape index (κ3) is 3.48. The molecule has 1 saturated heterocycles. The normalized spacial score (nSPS) is 25.6. The van der Waals surface area contributed by atoms with Gasteiger partial charge in [-0.3, -0.25) is 4.79 Å². The lowest BCUT2D eigenvalue weighted by Gasteiger charge is -2.55. The number of benzene rings is 1. The van der Waals surface area contributed by atoms with Gasteiger partial charge in [0, 0.05) is 30.7 Å². The van der Waals surface area contributed by atoms with Gasteiger partial charge in [-0.25, -0.2) is 0 Å². The predicted octanol–water partition coefficient (Wildman–Crippen LogP) is 2.27. The highest BCUT2D eigenvalue weighted by Gasteiger charge is 2.55. The van der Waals surface area contributed by atoms with E-state index >= 15 is 0 Å². The standard InChI is InChI=1S/C19H27NO3S/c1-13-7-14(2)9-15(8-13)11-24-12-18(23)20-5-3-19(4-6-20)16(21)10-17(19)22/h7-9,16-17,21-22H,3-6,10-12H2,1-2H3/t16-,17+. The topological polar surface area (TPSA) is 60.8 Å². The zero-order valence-electron chi connectivity index (χ0n) is 14.5. The number of aliphatic hydroxyl groups is 2. The maximum Gasteiger partial charge on any atom is 0.232 e. The first-order valence-electron chi connectivity index (χ1n) is 8.69. The molecule has 1 spiro atoms. The van der Waals surface area contributed by atoms with E-state index in [1.165, 1.54) is 16.7 Å². The summed E-state index contributed by atoms with van der Waals surface area (Å²) in [6.07, 6.45) is 1.11. The first kappa shape index (κ1) is 17.8. The number of carbonyl (C=O) groups excluding carboxylic acids is 1. The van der Waals surface area contributed by atoms with E-state index in [4.69, 9.17) is 0 Å². The predicted molar refractivity (Wildman–Crippen MR) is 97.0 cm³/mol. The average Bonchev–Trinajstić information content (AvgIpc) is 2.54. The molecule has 3 rings (SSSR count). The Balaban J connectivity index is 1.45.